The first-order chi connectivity index (χ1) is 9.09. The van der Waals surface area contributed by atoms with Gasteiger partial charge in [-0.25, -0.2) is 0 Å². The molecule has 4 heteroatoms. The summed E-state index contributed by atoms with van der Waals surface area (Å²) in [7, 11) is 0. The predicted molar refractivity (Wildman–Crippen MR) is 76.7 cm³/mol. The van der Waals surface area contributed by atoms with Gasteiger partial charge in [0.1, 0.15) is 0 Å². The fourth-order valence-electron chi connectivity index (χ4n) is 2.29. The van der Waals surface area contributed by atoms with Crippen LogP contribution in [0.2, 0.25) is 0 Å². The van der Waals surface area contributed by atoms with Crippen LogP contribution in [0.4, 0.5) is 0 Å². The third-order valence-corrected chi connectivity index (χ3v) is 3.57. The Balaban J connectivity index is 2.16. The Morgan fingerprint density at radius 1 is 1.05 bits per heavy atom. The lowest BCUT2D eigenvalue weighted by atomic mass is 10.1. The summed E-state index contributed by atoms with van der Waals surface area (Å²) in [6.07, 6.45) is 6.32. The summed E-state index contributed by atoms with van der Waals surface area (Å²) >= 11 is 0. The summed E-state index contributed by atoms with van der Waals surface area (Å²) in [4.78, 5) is 25.5. The summed E-state index contributed by atoms with van der Waals surface area (Å²) < 4.78 is 0. The maximum atomic E-state index is 12.0. The minimum Gasteiger partial charge on any atom is -0.356 e. The van der Waals surface area contributed by atoms with Crippen LogP contribution >= 0.6 is 0 Å². The standard InChI is InChI=1S/C15H28N2O2/c1-13(2)9-10-16-14(18)7-8-15(19)17-11-5-3-4-6-12-17/h13H,3-12H2,1-2H3,(H,16,18). The average molecular weight is 268 g/mol. The van der Waals surface area contributed by atoms with Crippen molar-refractivity contribution in [1.82, 2.24) is 10.2 Å². The van der Waals surface area contributed by atoms with Gasteiger partial charge in [-0.2, -0.15) is 0 Å². The largest absolute Gasteiger partial charge is 0.356 e. The molecular formula is C15H28N2O2. The Morgan fingerprint density at radius 3 is 2.26 bits per heavy atom. The van der Waals surface area contributed by atoms with Crippen molar-refractivity contribution >= 4 is 11.8 Å². The number of rotatable bonds is 6. The molecule has 1 rings (SSSR count). The van der Waals surface area contributed by atoms with Crippen molar-refractivity contribution in [3.8, 4) is 0 Å². The lowest BCUT2D eigenvalue weighted by molar-refractivity contribution is -0.133. The first-order valence-corrected chi connectivity index (χ1v) is 7.64. The molecule has 0 aliphatic carbocycles. The van der Waals surface area contributed by atoms with Crippen LogP contribution in [-0.2, 0) is 9.59 Å². The van der Waals surface area contributed by atoms with Gasteiger partial charge in [-0.15, -0.1) is 0 Å². The second-order valence-corrected chi connectivity index (χ2v) is 5.83. The molecule has 19 heavy (non-hydrogen) atoms. The molecule has 1 N–H and O–H groups in total. The molecule has 0 aromatic carbocycles. The van der Waals surface area contributed by atoms with E-state index in [1.165, 1.54) is 12.8 Å². The number of nitrogens with zero attached hydrogens (tertiary/aromatic N) is 1. The molecule has 0 atom stereocenters. The Labute approximate surface area is 116 Å². The number of likely N-dealkylation sites (tertiary alicyclic amines) is 1. The van der Waals surface area contributed by atoms with Crippen molar-refractivity contribution in [2.45, 2.75) is 58.8 Å². The molecule has 0 radical (unpaired) electrons. The molecule has 1 saturated heterocycles. The van der Waals surface area contributed by atoms with Crippen LogP contribution in [0.25, 0.3) is 0 Å². The number of carbonyl (C=O) groups is 2. The van der Waals surface area contributed by atoms with Gasteiger partial charge in [0.15, 0.2) is 0 Å². The first kappa shape index (κ1) is 16.0. The fraction of sp³-hybridized carbons (Fsp3) is 0.867. The van der Waals surface area contributed by atoms with Crippen LogP contribution in [0.5, 0.6) is 0 Å². The second kappa shape index (κ2) is 8.94. The quantitative estimate of drug-likeness (QED) is 0.804. The molecule has 1 aliphatic heterocycles. The summed E-state index contributed by atoms with van der Waals surface area (Å²) in [5.74, 6) is 0.740. The molecule has 0 spiro atoms. The Bertz CT molecular complexity index is 282. The van der Waals surface area contributed by atoms with Gasteiger partial charge >= 0.3 is 0 Å². The Hall–Kier alpha value is -1.06. The van der Waals surface area contributed by atoms with E-state index in [4.69, 9.17) is 0 Å². The topological polar surface area (TPSA) is 49.4 Å². The van der Waals surface area contributed by atoms with Gasteiger partial charge < -0.3 is 10.2 Å². The minimum atomic E-state index is 0.00354. The Kier molecular flexibility index (Phi) is 7.53. The molecular weight excluding hydrogens is 240 g/mol. The molecule has 0 bridgehead atoms. The summed E-state index contributed by atoms with van der Waals surface area (Å²) in [5, 5.41) is 2.87. The number of hydrogen-bond acceptors (Lipinski definition) is 2. The van der Waals surface area contributed by atoms with Crippen LogP contribution < -0.4 is 5.32 Å². The van der Waals surface area contributed by atoms with Crippen molar-refractivity contribution in [2.75, 3.05) is 19.6 Å². The van der Waals surface area contributed by atoms with E-state index < -0.39 is 0 Å². The van der Waals surface area contributed by atoms with E-state index in [9.17, 15) is 9.59 Å². The number of nitrogens with one attached hydrogen (secondary N) is 1. The predicted octanol–water partition coefficient (Wildman–Crippen LogP) is 2.33. The molecule has 0 aromatic rings. The zero-order chi connectivity index (χ0) is 14.1. The molecule has 1 heterocycles. The molecule has 2 amide bonds. The van der Waals surface area contributed by atoms with Gasteiger partial charge in [-0.3, -0.25) is 9.59 Å². The maximum Gasteiger partial charge on any atom is 0.223 e. The van der Waals surface area contributed by atoms with Crippen LogP contribution in [0.15, 0.2) is 0 Å². The second-order valence-electron chi connectivity index (χ2n) is 5.83. The van der Waals surface area contributed by atoms with Gasteiger partial charge in [0, 0.05) is 32.5 Å². The minimum absolute atomic E-state index is 0.00354. The third-order valence-electron chi connectivity index (χ3n) is 3.57. The summed E-state index contributed by atoms with van der Waals surface area (Å²) in [5.41, 5.74) is 0. The first-order valence-electron chi connectivity index (χ1n) is 7.64. The molecule has 1 fully saturated rings. The zero-order valence-corrected chi connectivity index (χ0v) is 12.4. The van der Waals surface area contributed by atoms with Crippen molar-refractivity contribution in [3.63, 3.8) is 0 Å². The monoisotopic (exact) mass is 268 g/mol. The highest BCUT2D eigenvalue weighted by molar-refractivity contribution is 5.83. The van der Waals surface area contributed by atoms with Gasteiger partial charge in [0.2, 0.25) is 11.8 Å². The number of amides is 2. The normalized spacial score (nSPS) is 16.3. The Morgan fingerprint density at radius 2 is 1.68 bits per heavy atom. The van der Waals surface area contributed by atoms with Crippen LogP contribution in [0, 0.1) is 5.92 Å². The molecule has 0 unspecified atom stereocenters. The molecule has 1 aliphatic rings. The van der Waals surface area contributed by atoms with Crippen molar-refractivity contribution < 1.29 is 9.59 Å². The maximum absolute atomic E-state index is 12.0. The van der Waals surface area contributed by atoms with E-state index in [0.29, 0.717) is 25.3 Å². The van der Waals surface area contributed by atoms with Crippen LogP contribution in [0.1, 0.15) is 58.8 Å². The molecule has 110 valence electrons. The highest BCUT2D eigenvalue weighted by Gasteiger charge is 2.16. The lowest BCUT2D eigenvalue weighted by Crippen LogP contribution is -2.33. The number of hydrogen-bond donors (Lipinski definition) is 1. The SMILES string of the molecule is CC(C)CCNC(=O)CCC(=O)N1CCCCCC1. The van der Waals surface area contributed by atoms with Gasteiger partial charge in [0.25, 0.3) is 0 Å². The van der Waals surface area contributed by atoms with E-state index in [0.717, 1.165) is 32.4 Å². The number of carbonyl (C=O) groups excluding carboxylic acids is 2. The zero-order valence-electron chi connectivity index (χ0n) is 12.4. The third kappa shape index (κ3) is 7.19. The fourth-order valence-corrected chi connectivity index (χ4v) is 2.29. The molecule has 4 nitrogen and oxygen atoms in total. The van der Waals surface area contributed by atoms with Crippen molar-refractivity contribution in [2.24, 2.45) is 5.92 Å². The van der Waals surface area contributed by atoms with Gasteiger partial charge in [0.05, 0.1) is 0 Å². The van der Waals surface area contributed by atoms with E-state index in [2.05, 4.69) is 19.2 Å². The van der Waals surface area contributed by atoms with Gasteiger partial charge in [-0.05, 0) is 25.2 Å². The van der Waals surface area contributed by atoms with E-state index in [-0.39, 0.29) is 11.8 Å². The van der Waals surface area contributed by atoms with E-state index >= 15 is 0 Å². The van der Waals surface area contributed by atoms with Crippen LogP contribution in [-0.4, -0.2) is 36.3 Å². The van der Waals surface area contributed by atoms with Gasteiger partial charge in [-0.1, -0.05) is 26.7 Å². The summed E-state index contributed by atoms with van der Waals surface area (Å²) in [6.45, 7) is 6.72. The van der Waals surface area contributed by atoms with E-state index in [1.807, 2.05) is 4.90 Å². The molecule has 0 saturated carbocycles. The summed E-state index contributed by atoms with van der Waals surface area (Å²) in [6, 6.07) is 0. The lowest BCUT2D eigenvalue weighted by Gasteiger charge is -2.20. The molecule has 0 aromatic heterocycles. The van der Waals surface area contributed by atoms with E-state index in [1.54, 1.807) is 0 Å². The average Bonchev–Trinajstić information content (AvgIpc) is 2.64. The van der Waals surface area contributed by atoms with Crippen molar-refractivity contribution in [1.29, 1.82) is 0 Å². The smallest absolute Gasteiger partial charge is 0.223 e. The van der Waals surface area contributed by atoms with Crippen molar-refractivity contribution in [3.05, 3.63) is 0 Å². The highest BCUT2D eigenvalue weighted by atomic mass is 16.2. The van der Waals surface area contributed by atoms with Crippen LogP contribution in [0.3, 0.4) is 0 Å². The highest BCUT2D eigenvalue weighted by Crippen LogP contribution is 2.11.